The van der Waals surface area contributed by atoms with Gasteiger partial charge in [0.25, 0.3) is 0 Å². The summed E-state index contributed by atoms with van der Waals surface area (Å²) in [4.78, 5) is 10.6. The number of hydrogen-bond donors (Lipinski definition) is 1. The molecule has 1 aliphatic rings. The normalized spacial score (nSPS) is 23.9. The van der Waals surface area contributed by atoms with Crippen LogP contribution in [0.5, 0.6) is 0 Å². The van der Waals surface area contributed by atoms with Crippen molar-refractivity contribution in [3.8, 4) is 0 Å². The lowest BCUT2D eigenvalue weighted by Gasteiger charge is -2.38. The van der Waals surface area contributed by atoms with E-state index in [2.05, 4.69) is 8.37 Å². The van der Waals surface area contributed by atoms with Crippen LogP contribution >= 0.6 is 0 Å². The highest BCUT2D eigenvalue weighted by molar-refractivity contribution is 7.82. The van der Waals surface area contributed by atoms with E-state index in [0.29, 0.717) is 0 Å². The maximum atomic E-state index is 10.6. The summed E-state index contributed by atoms with van der Waals surface area (Å²) in [6.45, 7) is 4.61. The molecule has 0 radical (unpaired) electrons. The maximum absolute atomic E-state index is 10.6. The Morgan fingerprint density at radius 3 is 2.00 bits per heavy atom. The van der Waals surface area contributed by atoms with Crippen molar-refractivity contribution in [1.29, 1.82) is 0 Å². The lowest BCUT2D eigenvalue weighted by Crippen LogP contribution is -2.60. The van der Waals surface area contributed by atoms with Gasteiger partial charge in [-0.05, 0) is 20.8 Å². The van der Waals surface area contributed by atoms with Crippen LogP contribution in [0.25, 0.3) is 0 Å². The summed E-state index contributed by atoms with van der Waals surface area (Å²) in [5, 5.41) is 8.64. The zero-order chi connectivity index (χ0) is 11.2. The fourth-order valence-electron chi connectivity index (χ4n) is 0.827. The first kappa shape index (κ1) is 11.4. The molecule has 0 aromatic heterocycles. The van der Waals surface area contributed by atoms with Crippen LogP contribution in [0.15, 0.2) is 0 Å². The third-order valence-corrected chi connectivity index (χ3v) is 1.97. The van der Waals surface area contributed by atoms with E-state index >= 15 is 0 Å². The second-order valence-corrected chi connectivity index (χ2v) is 4.80. The van der Waals surface area contributed by atoms with Gasteiger partial charge in [0.2, 0.25) is 0 Å². The van der Waals surface area contributed by atoms with Crippen LogP contribution in [0.1, 0.15) is 20.8 Å². The van der Waals surface area contributed by atoms with Crippen molar-refractivity contribution in [3.63, 3.8) is 0 Å². The lowest BCUT2D eigenvalue weighted by molar-refractivity contribution is -0.361. The molecule has 1 rings (SSSR count). The number of carboxylic acids is 1. The highest BCUT2D eigenvalue weighted by Gasteiger charge is 2.62. The van der Waals surface area contributed by atoms with E-state index in [1.54, 1.807) is 0 Å². The Morgan fingerprint density at radius 1 is 1.36 bits per heavy atom. The highest BCUT2D eigenvalue weighted by atomic mass is 32.3. The molecule has 1 N–H and O–H groups in total. The molecule has 14 heavy (non-hydrogen) atoms. The summed E-state index contributed by atoms with van der Waals surface area (Å²) in [7, 11) is -4.21. The van der Waals surface area contributed by atoms with Crippen LogP contribution in [-0.4, -0.2) is 31.1 Å². The molecule has 1 heterocycles. The number of carbonyl (C=O) groups is 1. The minimum Gasteiger partial charge on any atom is -0.475 e. The summed E-state index contributed by atoms with van der Waals surface area (Å²) < 4.78 is 34.0. The molecule has 8 heteroatoms. The number of hydrogen-bond acceptors (Lipinski definition) is 6. The van der Waals surface area contributed by atoms with Crippen LogP contribution in [-0.2, 0) is 28.3 Å². The molecule has 0 unspecified atom stereocenters. The molecule has 0 bridgehead atoms. The summed E-state index contributed by atoms with van der Waals surface area (Å²) in [6, 6.07) is 0. The van der Waals surface area contributed by atoms with E-state index in [-0.39, 0.29) is 0 Å². The Labute approximate surface area is 80.9 Å². The SMILES string of the molecule is CC(C)(C)OC1(C(=O)O)OS(=O)(=O)O1. The number of aliphatic carboxylic acids is 1. The van der Waals surface area contributed by atoms with Crippen LogP contribution in [0.3, 0.4) is 0 Å². The van der Waals surface area contributed by atoms with Gasteiger partial charge in [-0.1, -0.05) is 0 Å². The van der Waals surface area contributed by atoms with E-state index in [1.807, 2.05) is 0 Å². The van der Waals surface area contributed by atoms with Gasteiger partial charge in [0.15, 0.2) is 0 Å². The van der Waals surface area contributed by atoms with Crippen molar-refractivity contribution < 1.29 is 31.4 Å². The third-order valence-electron chi connectivity index (χ3n) is 1.13. The smallest absolute Gasteiger partial charge is 0.419 e. The van der Waals surface area contributed by atoms with Crippen molar-refractivity contribution in [2.75, 3.05) is 0 Å². The second-order valence-electron chi connectivity index (χ2n) is 3.65. The fourth-order valence-corrected chi connectivity index (χ4v) is 1.59. The van der Waals surface area contributed by atoms with Crippen LogP contribution in [0, 0.1) is 0 Å². The van der Waals surface area contributed by atoms with Crippen molar-refractivity contribution >= 4 is 16.4 Å². The average Bonchev–Trinajstić information content (AvgIpc) is 1.77. The molecule has 0 aromatic carbocycles. The highest BCUT2D eigenvalue weighted by Crippen LogP contribution is 2.35. The largest absolute Gasteiger partial charge is 0.475 e. The minimum absolute atomic E-state index is 0.908. The van der Waals surface area contributed by atoms with Crippen LogP contribution < -0.4 is 0 Å². The Kier molecular flexibility index (Phi) is 2.35. The van der Waals surface area contributed by atoms with Gasteiger partial charge in [-0.2, -0.15) is 16.8 Å². The van der Waals surface area contributed by atoms with E-state index < -0.39 is 27.9 Å². The topological polar surface area (TPSA) is 99.1 Å². The summed E-state index contributed by atoms with van der Waals surface area (Å²) in [5.74, 6) is -4.18. The number of carboxylic acid groups (broad SMARTS) is 1. The predicted molar refractivity (Wildman–Crippen MR) is 42.3 cm³/mol. The van der Waals surface area contributed by atoms with E-state index in [0.717, 1.165) is 0 Å². The summed E-state index contributed by atoms with van der Waals surface area (Å²) in [6.07, 6.45) is 0. The average molecular weight is 226 g/mol. The lowest BCUT2D eigenvalue weighted by atomic mass is 10.2. The Balaban J connectivity index is 2.84. The Hall–Kier alpha value is -0.700. The molecule has 1 fully saturated rings. The van der Waals surface area contributed by atoms with Crippen molar-refractivity contribution in [1.82, 2.24) is 0 Å². The molecule has 7 nitrogen and oxygen atoms in total. The van der Waals surface area contributed by atoms with E-state index in [1.165, 1.54) is 20.8 Å². The first-order chi connectivity index (χ1) is 6.06. The van der Waals surface area contributed by atoms with Gasteiger partial charge in [-0.25, -0.2) is 4.79 Å². The summed E-state index contributed by atoms with van der Waals surface area (Å²) >= 11 is 0. The molecule has 0 atom stereocenters. The van der Waals surface area contributed by atoms with Crippen molar-refractivity contribution in [2.24, 2.45) is 0 Å². The zero-order valence-electron chi connectivity index (χ0n) is 7.80. The third kappa shape index (κ3) is 2.21. The number of ether oxygens (including phenoxy) is 1. The fraction of sp³-hybridized carbons (Fsp3) is 0.833. The zero-order valence-corrected chi connectivity index (χ0v) is 8.62. The van der Waals surface area contributed by atoms with Gasteiger partial charge in [0, 0.05) is 0 Å². The van der Waals surface area contributed by atoms with Gasteiger partial charge in [-0.15, -0.1) is 0 Å². The van der Waals surface area contributed by atoms with Crippen molar-refractivity contribution in [3.05, 3.63) is 0 Å². The molecule has 0 saturated carbocycles. The quantitative estimate of drug-likeness (QED) is 0.697. The maximum Gasteiger partial charge on any atom is 0.419 e. The van der Waals surface area contributed by atoms with Gasteiger partial charge in [0.1, 0.15) is 0 Å². The van der Waals surface area contributed by atoms with E-state index in [9.17, 15) is 13.2 Å². The van der Waals surface area contributed by atoms with Gasteiger partial charge >= 0.3 is 22.3 Å². The first-order valence-electron chi connectivity index (χ1n) is 3.66. The Bertz CT molecular complexity index is 337. The van der Waals surface area contributed by atoms with Gasteiger partial charge in [-0.3, -0.25) is 0 Å². The standard InChI is InChI=1S/C6H10O7S/c1-5(2,3)11-6(4(7)8)12-14(9,10)13-6/h1-3H3,(H,7,8). The molecule has 0 amide bonds. The van der Waals surface area contributed by atoms with Crippen LogP contribution in [0.4, 0.5) is 0 Å². The minimum atomic E-state index is -4.21. The molecule has 1 aliphatic heterocycles. The molecule has 0 aliphatic carbocycles. The molecule has 82 valence electrons. The monoisotopic (exact) mass is 226 g/mol. The van der Waals surface area contributed by atoms with Crippen molar-refractivity contribution in [2.45, 2.75) is 32.3 Å². The van der Waals surface area contributed by atoms with E-state index in [4.69, 9.17) is 9.84 Å². The Morgan fingerprint density at radius 2 is 1.79 bits per heavy atom. The van der Waals surface area contributed by atoms with Crippen LogP contribution in [0.2, 0.25) is 0 Å². The van der Waals surface area contributed by atoms with Gasteiger partial charge < -0.3 is 9.84 Å². The molecule has 0 spiro atoms. The molecular formula is C6H10O7S. The predicted octanol–water partition coefficient (Wildman–Crippen LogP) is -0.168. The first-order valence-corrected chi connectivity index (χ1v) is 4.99. The molecule has 1 saturated heterocycles. The number of rotatable bonds is 2. The molecular weight excluding hydrogens is 216 g/mol. The molecule has 0 aromatic rings. The second kappa shape index (κ2) is 2.89. The summed E-state index contributed by atoms with van der Waals surface area (Å²) in [5.41, 5.74) is -0.908. The van der Waals surface area contributed by atoms with Gasteiger partial charge in [0.05, 0.1) is 5.60 Å².